The van der Waals surface area contributed by atoms with E-state index >= 15 is 0 Å². The summed E-state index contributed by atoms with van der Waals surface area (Å²) in [4.78, 5) is 14.1. The van der Waals surface area contributed by atoms with E-state index in [-0.39, 0.29) is 11.8 Å². The lowest BCUT2D eigenvalue weighted by Crippen LogP contribution is -2.30. The minimum atomic E-state index is -3.36. The fourth-order valence-corrected chi connectivity index (χ4v) is 3.20. The summed E-state index contributed by atoms with van der Waals surface area (Å²) >= 11 is 0. The van der Waals surface area contributed by atoms with Crippen LogP contribution in [0.2, 0.25) is 0 Å². The molecule has 114 valence electrons. The lowest BCUT2D eigenvalue weighted by atomic mass is 10.1. The number of nitrogens with one attached hydrogen (secondary N) is 1. The second-order valence-electron chi connectivity index (χ2n) is 6.05. The molecule has 0 atom stereocenters. The summed E-state index contributed by atoms with van der Waals surface area (Å²) in [6, 6.07) is 5.46. The third-order valence-electron chi connectivity index (χ3n) is 4.05. The molecular weight excluding hydrogens is 288 g/mol. The van der Waals surface area contributed by atoms with E-state index in [1.165, 1.54) is 0 Å². The first kappa shape index (κ1) is 14.4. The highest BCUT2D eigenvalue weighted by Crippen LogP contribution is 2.37. The van der Waals surface area contributed by atoms with E-state index in [0.717, 1.165) is 30.5 Å². The molecule has 1 aliphatic heterocycles. The Kier molecular flexibility index (Phi) is 3.43. The normalized spacial score (nSPS) is 18.0. The highest BCUT2D eigenvalue weighted by Gasteiger charge is 2.36. The van der Waals surface area contributed by atoms with Crippen molar-refractivity contribution in [3.05, 3.63) is 23.8 Å². The summed E-state index contributed by atoms with van der Waals surface area (Å²) in [5.41, 5.74) is 2.49. The maximum Gasteiger partial charge on any atom is 0.235 e. The quantitative estimate of drug-likeness (QED) is 0.926. The number of anilines is 2. The van der Waals surface area contributed by atoms with Crippen LogP contribution in [0.5, 0.6) is 0 Å². The number of rotatable bonds is 4. The molecule has 1 aliphatic carbocycles. The van der Waals surface area contributed by atoms with Gasteiger partial charge in [-0.1, -0.05) is 6.07 Å². The molecule has 0 unspecified atom stereocenters. The van der Waals surface area contributed by atoms with Gasteiger partial charge in [0.2, 0.25) is 15.9 Å². The molecule has 21 heavy (non-hydrogen) atoms. The maximum absolute atomic E-state index is 12.3. The van der Waals surface area contributed by atoms with Gasteiger partial charge in [-0.15, -0.1) is 0 Å². The van der Waals surface area contributed by atoms with Crippen LogP contribution < -0.4 is 9.62 Å². The van der Waals surface area contributed by atoms with Gasteiger partial charge in [0.25, 0.3) is 0 Å². The second-order valence-corrected chi connectivity index (χ2v) is 8.29. The first-order valence-electron chi connectivity index (χ1n) is 7.34. The van der Waals surface area contributed by atoms with Crippen LogP contribution in [-0.2, 0) is 21.2 Å². The van der Waals surface area contributed by atoms with Crippen LogP contribution in [0.4, 0.5) is 11.4 Å². The van der Waals surface area contributed by atoms with Crippen molar-refractivity contribution in [3.63, 3.8) is 0 Å². The lowest BCUT2D eigenvalue weighted by molar-refractivity contribution is -0.119. The number of hydrogen-bond acceptors (Lipinski definition) is 3. The van der Waals surface area contributed by atoms with Gasteiger partial charge in [0.15, 0.2) is 0 Å². The number of amides is 1. The minimum absolute atomic E-state index is 0.173. The van der Waals surface area contributed by atoms with E-state index in [2.05, 4.69) is 4.72 Å². The Morgan fingerprint density at radius 1 is 1.33 bits per heavy atom. The van der Waals surface area contributed by atoms with E-state index < -0.39 is 15.3 Å². The Bertz CT molecular complexity index is 678. The smallest absolute Gasteiger partial charge is 0.235 e. The van der Waals surface area contributed by atoms with Crippen LogP contribution in [0.15, 0.2) is 18.2 Å². The Labute approximate surface area is 125 Å². The van der Waals surface area contributed by atoms with Gasteiger partial charge >= 0.3 is 0 Å². The monoisotopic (exact) mass is 308 g/mol. The summed E-state index contributed by atoms with van der Waals surface area (Å²) in [5.74, 6) is 0.351. The standard InChI is InChI=1S/C15H20N2O3S/c1-10(2)21(19,20)16-13-6-5-11-7-8-17(14(11)9-13)15(18)12-3-4-12/h5-6,9-10,12,16H,3-4,7-8H2,1-2H3. The molecular formula is C15H20N2O3S. The molecule has 1 saturated carbocycles. The third kappa shape index (κ3) is 2.77. The van der Waals surface area contributed by atoms with Crippen molar-refractivity contribution < 1.29 is 13.2 Å². The fraction of sp³-hybridized carbons (Fsp3) is 0.533. The van der Waals surface area contributed by atoms with Crippen LogP contribution in [0.25, 0.3) is 0 Å². The van der Waals surface area contributed by atoms with E-state index in [4.69, 9.17) is 0 Å². The maximum atomic E-state index is 12.3. The fourth-order valence-electron chi connectivity index (χ4n) is 2.50. The van der Waals surface area contributed by atoms with E-state index in [1.54, 1.807) is 30.9 Å². The summed E-state index contributed by atoms with van der Waals surface area (Å²) in [5, 5.41) is -0.491. The van der Waals surface area contributed by atoms with Crippen molar-refractivity contribution in [2.45, 2.75) is 38.4 Å². The predicted octanol–water partition coefficient (Wildman–Crippen LogP) is 2.14. The molecule has 0 radical (unpaired) electrons. The average molecular weight is 308 g/mol. The number of carbonyl (C=O) groups excluding carboxylic acids is 1. The molecule has 1 heterocycles. The molecule has 1 fully saturated rings. The molecule has 0 spiro atoms. The summed E-state index contributed by atoms with van der Waals surface area (Å²) < 4.78 is 26.5. The molecule has 1 N–H and O–H groups in total. The van der Waals surface area contributed by atoms with Crippen LogP contribution in [0, 0.1) is 5.92 Å². The first-order valence-corrected chi connectivity index (χ1v) is 8.89. The van der Waals surface area contributed by atoms with Crippen molar-refractivity contribution >= 4 is 27.3 Å². The van der Waals surface area contributed by atoms with E-state index in [0.29, 0.717) is 12.2 Å². The second kappa shape index (κ2) is 5.02. The topological polar surface area (TPSA) is 66.5 Å². The van der Waals surface area contributed by atoms with E-state index in [9.17, 15) is 13.2 Å². The van der Waals surface area contributed by atoms with Gasteiger partial charge < -0.3 is 4.90 Å². The molecule has 1 aromatic carbocycles. The van der Waals surface area contributed by atoms with Gasteiger partial charge in [0.05, 0.1) is 10.9 Å². The number of sulfonamides is 1. The van der Waals surface area contributed by atoms with Gasteiger partial charge in [0.1, 0.15) is 0 Å². The van der Waals surface area contributed by atoms with Crippen LogP contribution >= 0.6 is 0 Å². The number of hydrogen-bond donors (Lipinski definition) is 1. The molecule has 5 nitrogen and oxygen atoms in total. The SMILES string of the molecule is CC(C)S(=O)(=O)Nc1ccc2c(c1)N(C(=O)C1CC1)CC2. The third-order valence-corrected chi connectivity index (χ3v) is 5.82. The van der Waals surface area contributed by atoms with Crippen molar-refractivity contribution in [3.8, 4) is 0 Å². The highest BCUT2D eigenvalue weighted by atomic mass is 32.2. The van der Waals surface area contributed by atoms with Gasteiger partial charge in [-0.25, -0.2) is 8.42 Å². The molecule has 0 bridgehead atoms. The number of carbonyl (C=O) groups is 1. The molecule has 0 saturated heterocycles. The van der Waals surface area contributed by atoms with Gasteiger partial charge in [-0.2, -0.15) is 0 Å². The Hall–Kier alpha value is -1.56. The largest absolute Gasteiger partial charge is 0.312 e. The van der Waals surface area contributed by atoms with Gasteiger partial charge in [-0.3, -0.25) is 9.52 Å². The van der Waals surface area contributed by atoms with Crippen molar-refractivity contribution in [1.29, 1.82) is 0 Å². The molecule has 1 aromatic rings. The van der Waals surface area contributed by atoms with Crippen molar-refractivity contribution in [2.24, 2.45) is 5.92 Å². The Morgan fingerprint density at radius 2 is 2.05 bits per heavy atom. The van der Waals surface area contributed by atoms with Gasteiger partial charge in [-0.05, 0) is 50.8 Å². The molecule has 2 aliphatic rings. The van der Waals surface area contributed by atoms with Crippen molar-refractivity contribution in [2.75, 3.05) is 16.2 Å². The number of fused-ring (bicyclic) bond motifs is 1. The molecule has 1 amide bonds. The molecule has 6 heteroatoms. The number of nitrogens with zero attached hydrogens (tertiary/aromatic N) is 1. The summed E-state index contributed by atoms with van der Waals surface area (Å²) in [6.07, 6.45) is 2.79. The van der Waals surface area contributed by atoms with E-state index in [1.807, 2.05) is 6.07 Å². The van der Waals surface area contributed by atoms with Gasteiger partial charge in [0, 0.05) is 18.2 Å². The summed E-state index contributed by atoms with van der Waals surface area (Å²) in [6.45, 7) is 3.97. The van der Waals surface area contributed by atoms with Crippen LogP contribution in [0.1, 0.15) is 32.3 Å². The lowest BCUT2D eigenvalue weighted by Gasteiger charge is -2.18. The van der Waals surface area contributed by atoms with Crippen molar-refractivity contribution in [1.82, 2.24) is 0 Å². The van der Waals surface area contributed by atoms with Crippen LogP contribution in [0.3, 0.4) is 0 Å². The predicted molar refractivity (Wildman–Crippen MR) is 82.9 cm³/mol. The van der Waals surface area contributed by atoms with Crippen LogP contribution in [-0.4, -0.2) is 26.1 Å². The zero-order valence-corrected chi connectivity index (χ0v) is 13.1. The zero-order chi connectivity index (χ0) is 15.2. The highest BCUT2D eigenvalue weighted by molar-refractivity contribution is 7.93. The summed E-state index contributed by atoms with van der Waals surface area (Å²) in [7, 11) is -3.36. The first-order chi connectivity index (χ1) is 9.88. The Balaban J connectivity index is 1.87. The minimum Gasteiger partial charge on any atom is -0.312 e. The zero-order valence-electron chi connectivity index (χ0n) is 12.3. The molecule has 3 rings (SSSR count). The Morgan fingerprint density at radius 3 is 2.67 bits per heavy atom. The average Bonchev–Trinajstić information content (AvgIpc) is 3.18. The molecule has 0 aromatic heterocycles. The number of benzene rings is 1.